The van der Waals surface area contributed by atoms with Crippen molar-refractivity contribution in [2.24, 2.45) is 0 Å². The van der Waals surface area contributed by atoms with Crippen molar-refractivity contribution in [2.45, 2.75) is 33.2 Å². The molecule has 1 aliphatic rings. The molecule has 1 aliphatic heterocycles. The average molecular weight is 259 g/mol. The van der Waals surface area contributed by atoms with Crippen LogP contribution in [0.15, 0.2) is 24.3 Å². The molecule has 0 aliphatic carbocycles. The number of rotatable bonds is 2. The summed E-state index contributed by atoms with van der Waals surface area (Å²) in [5.74, 6) is 0.940. The van der Waals surface area contributed by atoms with Gasteiger partial charge >= 0.3 is 37.7 Å². The van der Waals surface area contributed by atoms with Crippen LogP contribution in [0.2, 0.25) is 0 Å². The van der Waals surface area contributed by atoms with Crippen molar-refractivity contribution in [1.82, 2.24) is 0 Å². The molecule has 2 nitrogen and oxygen atoms in total. The predicted octanol–water partition coefficient (Wildman–Crippen LogP) is 2.78. The van der Waals surface area contributed by atoms with Gasteiger partial charge in [0.05, 0.1) is 12.1 Å². The number of ether oxygens (including phenoxy) is 1. The molecule has 0 bridgehead atoms. The van der Waals surface area contributed by atoms with Crippen LogP contribution in [0, 0.1) is 0 Å². The first-order valence-electron chi connectivity index (χ1n) is 5.77. The summed E-state index contributed by atoms with van der Waals surface area (Å²) in [6.07, 6.45) is 2.26. The Morgan fingerprint density at radius 3 is 2.65 bits per heavy atom. The summed E-state index contributed by atoms with van der Waals surface area (Å²) >= 11 is 0. The molecule has 0 saturated heterocycles. The van der Waals surface area contributed by atoms with Crippen molar-refractivity contribution in [3.8, 4) is 5.75 Å². The van der Waals surface area contributed by atoms with Gasteiger partial charge in [0.1, 0.15) is 5.75 Å². The van der Waals surface area contributed by atoms with Crippen molar-refractivity contribution in [1.29, 1.82) is 0 Å². The standard InChI is InChI=1S/C14H19NO.Ca.2H/c1-5-16-11-6-7-13-12(8-11)10(2)9-14(3,4)15-13;;;/h6-9,15H,5H2,1-4H3;;;. The zero-order valence-corrected chi connectivity index (χ0v) is 10.4. The number of fused-ring (bicyclic) bond motifs is 1. The van der Waals surface area contributed by atoms with E-state index in [1.807, 2.05) is 13.0 Å². The third-order valence-corrected chi connectivity index (χ3v) is 2.76. The SMILES string of the molecule is CCOc1ccc2c(c1)C(C)=CC(C)(C)N2.[CaH2]. The molecule has 1 aromatic carbocycles. The summed E-state index contributed by atoms with van der Waals surface area (Å²) in [6.45, 7) is 9.22. The van der Waals surface area contributed by atoms with Crippen LogP contribution in [0.3, 0.4) is 0 Å². The van der Waals surface area contributed by atoms with Crippen LogP contribution in [0.1, 0.15) is 33.3 Å². The zero-order chi connectivity index (χ0) is 11.8. The van der Waals surface area contributed by atoms with Gasteiger partial charge in [-0.3, -0.25) is 0 Å². The van der Waals surface area contributed by atoms with E-state index < -0.39 is 0 Å². The van der Waals surface area contributed by atoms with Crippen molar-refractivity contribution < 1.29 is 4.74 Å². The Morgan fingerprint density at radius 2 is 2.00 bits per heavy atom. The molecule has 0 spiro atoms. The van der Waals surface area contributed by atoms with Crippen LogP contribution < -0.4 is 10.1 Å². The Morgan fingerprint density at radius 1 is 1.29 bits per heavy atom. The maximum atomic E-state index is 5.52. The summed E-state index contributed by atoms with van der Waals surface area (Å²) in [6, 6.07) is 6.22. The molecule has 3 heteroatoms. The van der Waals surface area contributed by atoms with E-state index in [1.54, 1.807) is 0 Å². The molecule has 1 N–H and O–H groups in total. The van der Waals surface area contributed by atoms with Crippen LogP contribution in [0.25, 0.3) is 5.57 Å². The Kier molecular flexibility index (Phi) is 4.94. The van der Waals surface area contributed by atoms with Gasteiger partial charge in [0, 0.05) is 11.3 Å². The quantitative estimate of drug-likeness (QED) is 0.825. The van der Waals surface area contributed by atoms with Crippen LogP contribution in [0.4, 0.5) is 5.69 Å². The fourth-order valence-electron chi connectivity index (χ4n) is 2.22. The molecule has 0 atom stereocenters. The van der Waals surface area contributed by atoms with Gasteiger partial charge in [-0.05, 0) is 51.5 Å². The van der Waals surface area contributed by atoms with Gasteiger partial charge < -0.3 is 10.1 Å². The zero-order valence-electron chi connectivity index (χ0n) is 10.4. The third-order valence-electron chi connectivity index (χ3n) is 2.76. The summed E-state index contributed by atoms with van der Waals surface area (Å²) in [5, 5.41) is 3.50. The molecular formula is C14H21CaNO. The molecule has 1 heterocycles. The van der Waals surface area contributed by atoms with Crippen LogP contribution in [-0.2, 0) is 0 Å². The average Bonchev–Trinajstić information content (AvgIpc) is 2.18. The van der Waals surface area contributed by atoms with Gasteiger partial charge in [0.2, 0.25) is 0 Å². The maximum absolute atomic E-state index is 5.52. The summed E-state index contributed by atoms with van der Waals surface area (Å²) < 4.78 is 5.52. The van der Waals surface area contributed by atoms with E-state index in [9.17, 15) is 0 Å². The molecule has 0 unspecified atom stereocenters. The molecule has 2 rings (SSSR count). The number of allylic oxidation sites excluding steroid dienone is 1. The molecular weight excluding hydrogens is 238 g/mol. The van der Waals surface area contributed by atoms with E-state index in [2.05, 4.69) is 44.3 Å². The van der Waals surface area contributed by atoms with Crippen molar-refractivity contribution in [2.75, 3.05) is 11.9 Å². The molecule has 90 valence electrons. The Labute approximate surface area is 133 Å². The van der Waals surface area contributed by atoms with Crippen LogP contribution >= 0.6 is 0 Å². The van der Waals surface area contributed by atoms with E-state index in [1.165, 1.54) is 16.8 Å². The summed E-state index contributed by atoms with van der Waals surface area (Å²) in [4.78, 5) is 0. The van der Waals surface area contributed by atoms with Gasteiger partial charge in [-0.2, -0.15) is 0 Å². The number of nitrogens with one attached hydrogen (secondary N) is 1. The normalized spacial score (nSPS) is 16.1. The van der Waals surface area contributed by atoms with E-state index in [0.717, 1.165) is 5.75 Å². The molecule has 0 saturated carbocycles. The minimum atomic E-state index is 0. The van der Waals surface area contributed by atoms with Crippen LogP contribution in [-0.4, -0.2) is 49.9 Å². The number of benzene rings is 1. The fraction of sp³-hybridized carbons (Fsp3) is 0.429. The van der Waals surface area contributed by atoms with Crippen molar-refractivity contribution in [3.63, 3.8) is 0 Å². The Balaban J connectivity index is 0.00000144. The molecule has 0 amide bonds. The van der Waals surface area contributed by atoms with Crippen molar-refractivity contribution >= 4 is 49.0 Å². The predicted molar refractivity (Wildman–Crippen MR) is 77.5 cm³/mol. The van der Waals surface area contributed by atoms with Gasteiger partial charge in [-0.25, -0.2) is 0 Å². The molecule has 0 fully saturated rings. The summed E-state index contributed by atoms with van der Waals surface area (Å²) in [7, 11) is 0. The second kappa shape index (κ2) is 5.64. The number of hydrogen-bond acceptors (Lipinski definition) is 2. The molecule has 0 aromatic heterocycles. The second-order valence-corrected chi connectivity index (χ2v) is 4.81. The van der Waals surface area contributed by atoms with Gasteiger partial charge in [-0.1, -0.05) is 6.08 Å². The second-order valence-electron chi connectivity index (χ2n) is 4.81. The van der Waals surface area contributed by atoms with E-state index in [0.29, 0.717) is 6.61 Å². The van der Waals surface area contributed by atoms with Gasteiger partial charge in [-0.15, -0.1) is 0 Å². The number of anilines is 1. The van der Waals surface area contributed by atoms with E-state index >= 15 is 0 Å². The number of hydrogen-bond donors (Lipinski definition) is 1. The molecule has 17 heavy (non-hydrogen) atoms. The first-order chi connectivity index (χ1) is 7.52. The van der Waals surface area contributed by atoms with Crippen LogP contribution in [0.5, 0.6) is 5.75 Å². The topological polar surface area (TPSA) is 21.3 Å². The van der Waals surface area contributed by atoms with E-state index in [4.69, 9.17) is 4.74 Å². The summed E-state index contributed by atoms with van der Waals surface area (Å²) in [5.41, 5.74) is 3.77. The van der Waals surface area contributed by atoms with Gasteiger partial charge in [0.15, 0.2) is 0 Å². The van der Waals surface area contributed by atoms with Gasteiger partial charge in [0.25, 0.3) is 0 Å². The first-order valence-corrected chi connectivity index (χ1v) is 5.77. The molecule has 0 radical (unpaired) electrons. The monoisotopic (exact) mass is 259 g/mol. The third kappa shape index (κ3) is 3.40. The van der Waals surface area contributed by atoms with Crippen molar-refractivity contribution in [3.05, 3.63) is 29.8 Å². The minimum absolute atomic E-state index is 0. The Hall–Kier alpha value is -0.180. The first kappa shape index (κ1) is 14.9. The Bertz CT molecular complexity index is 438. The van der Waals surface area contributed by atoms with E-state index in [-0.39, 0.29) is 43.3 Å². The fourth-order valence-corrected chi connectivity index (χ4v) is 2.22. The molecule has 1 aromatic rings.